The summed E-state index contributed by atoms with van der Waals surface area (Å²) in [5.41, 5.74) is 3.06. The molecule has 1 saturated heterocycles. The van der Waals surface area contributed by atoms with Crippen LogP contribution in [0, 0.1) is 12.3 Å². The molecule has 3 atom stereocenters. The van der Waals surface area contributed by atoms with Crippen molar-refractivity contribution >= 4 is 39.1 Å². The summed E-state index contributed by atoms with van der Waals surface area (Å²) in [7, 11) is -0.511. The van der Waals surface area contributed by atoms with Gasteiger partial charge in [-0.25, -0.2) is 17.8 Å². The second kappa shape index (κ2) is 20.8. The minimum absolute atomic E-state index is 0.00116. The molecule has 0 bridgehead atoms. The molecular weight excluding hydrogens is 862 g/mol. The Morgan fingerprint density at radius 3 is 2.14 bits per heavy atom. The van der Waals surface area contributed by atoms with Gasteiger partial charge in [0.1, 0.15) is 29.3 Å². The summed E-state index contributed by atoms with van der Waals surface area (Å²) in [6, 6.07) is 18.2. The molecule has 2 unspecified atom stereocenters. The number of benzene rings is 3. The second-order valence-corrected chi connectivity index (χ2v) is 20.6. The number of likely N-dealkylation sites (tertiary alicyclic amines) is 1. The SMILES string of the molecule is COc1ccc(CN(Cc2ccc(OC)cc2)S(=O)(=O)CCCCCOc2cc(-c3scnc3C)ccc2CNC(=O)C2CC(O)CN2C(=O)[C@@H](NC(=O)C2(F)CC2)C(C)(C)C)cc1. The predicted octanol–water partition coefficient (Wildman–Crippen LogP) is 6.33. The molecule has 1 aliphatic heterocycles. The van der Waals surface area contributed by atoms with Crippen LogP contribution in [0.4, 0.5) is 4.39 Å². The van der Waals surface area contributed by atoms with Crippen LogP contribution in [-0.2, 0) is 44.0 Å². The quantitative estimate of drug-likeness (QED) is 0.0802. The number of methoxy groups -OCH3 is 2. The third kappa shape index (κ3) is 12.4. The summed E-state index contributed by atoms with van der Waals surface area (Å²) in [5, 5.41) is 16.2. The predicted molar refractivity (Wildman–Crippen MR) is 243 cm³/mol. The van der Waals surface area contributed by atoms with Crippen LogP contribution in [0.5, 0.6) is 17.2 Å². The number of nitrogens with one attached hydrogen (secondary N) is 2. The molecule has 14 nitrogen and oxygen atoms in total. The number of aliphatic hydroxyl groups excluding tert-OH is 1. The minimum Gasteiger partial charge on any atom is -0.497 e. The number of halogens is 1. The molecule has 3 aromatic carbocycles. The van der Waals surface area contributed by atoms with Gasteiger partial charge in [0.05, 0.1) is 48.8 Å². The molecule has 2 fully saturated rings. The van der Waals surface area contributed by atoms with Crippen molar-refractivity contribution in [2.24, 2.45) is 5.41 Å². The summed E-state index contributed by atoms with van der Waals surface area (Å²) in [6.45, 7) is 7.79. The van der Waals surface area contributed by atoms with E-state index >= 15 is 0 Å². The fourth-order valence-electron chi connectivity index (χ4n) is 7.57. The molecule has 1 aliphatic carbocycles. The zero-order valence-corrected chi connectivity index (χ0v) is 39.0. The van der Waals surface area contributed by atoms with Crippen LogP contribution in [0.3, 0.4) is 0 Å². The Morgan fingerprint density at radius 2 is 1.59 bits per heavy atom. The fraction of sp³-hybridized carbons (Fsp3) is 0.489. The number of nitrogens with zero attached hydrogens (tertiary/aromatic N) is 3. The monoisotopic (exact) mass is 921 g/mol. The van der Waals surface area contributed by atoms with Crippen LogP contribution in [0.2, 0.25) is 0 Å². The van der Waals surface area contributed by atoms with E-state index in [-0.39, 0.29) is 57.8 Å². The van der Waals surface area contributed by atoms with Crippen molar-refractivity contribution in [3.8, 4) is 27.7 Å². The Balaban J connectivity index is 1.09. The van der Waals surface area contributed by atoms with Crippen molar-refractivity contribution in [2.75, 3.05) is 33.1 Å². The molecule has 2 heterocycles. The van der Waals surface area contributed by atoms with Crippen LogP contribution >= 0.6 is 11.3 Å². The fourth-order valence-corrected chi connectivity index (χ4v) is 9.89. The highest BCUT2D eigenvalue weighted by molar-refractivity contribution is 7.89. The van der Waals surface area contributed by atoms with Crippen LogP contribution in [0.25, 0.3) is 10.4 Å². The first-order chi connectivity index (χ1) is 30.4. The first kappa shape index (κ1) is 48.4. The van der Waals surface area contributed by atoms with Crippen molar-refractivity contribution in [1.82, 2.24) is 24.8 Å². The van der Waals surface area contributed by atoms with Crippen molar-refractivity contribution in [3.63, 3.8) is 0 Å². The number of alkyl halides is 1. The maximum absolute atomic E-state index is 14.6. The van der Waals surface area contributed by atoms with E-state index in [1.807, 2.05) is 73.7 Å². The average Bonchev–Trinajstić information content (AvgIpc) is 3.68. The zero-order valence-electron chi connectivity index (χ0n) is 37.4. The lowest BCUT2D eigenvalue weighted by molar-refractivity contribution is -0.145. The Kier molecular flexibility index (Phi) is 15.7. The van der Waals surface area contributed by atoms with E-state index in [1.165, 1.54) is 20.5 Å². The molecule has 0 spiro atoms. The topological polar surface area (TPSA) is 177 Å². The Morgan fingerprint density at radius 1 is 0.969 bits per heavy atom. The lowest BCUT2D eigenvalue weighted by atomic mass is 9.85. The van der Waals surface area contributed by atoms with Crippen LogP contribution in [0.15, 0.2) is 72.2 Å². The summed E-state index contributed by atoms with van der Waals surface area (Å²) in [4.78, 5) is 47.1. The van der Waals surface area contributed by atoms with Crippen molar-refractivity contribution in [3.05, 3.63) is 94.6 Å². The van der Waals surface area contributed by atoms with Gasteiger partial charge < -0.3 is 34.9 Å². The van der Waals surface area contributed by atoms with Gasteiger partial charge in [0, 0.05) is 38.2 Å². The highest BCUT2D eigenvalue weighted by Crippen LogP contribution is 2.40. The number of aromatic nitrogens is 1. The first-order valence-electron chi connectivity index (χ1n) is 21.6. The van der Waals surface area contributed by atoms with Crippen molar-refractivity contribution in [2.45, 2.75) is 110 Å². The molecule has 0 radical (unpaired) electrons. The molecule has 346 valence electrons. The highest BCUT2D eigenvalue weighted by atomic mass is 32.2. The number of sulfonamides is 1. The molecule has 6 rings (SSSR count). The smallest absolute Gasteiger partial charge is 0.258 e. The highest BCUT2D eigenvalue weighted by Gasteiger charge is 2.53. The number of β-amino-alcohol motifs (C(OH)–C–C–N with tert-alkyl or cyclic N) is 1. The summed E-state index contributed by atoms with van der Waals surface area (Å²) in [6.07, 6.45) is 0.772. The van der Waals surface area contributed by atoms with Gasteiger partial charge in [0.2, 0.25) is 21.8 Å². The number of aliphatic hydroxyl groups is 1. The molecular formula is C47H60FN5O9S2. The lowest BCUT2D eigenvalue weighted by Crippen LogP contribution is -2.59. The van der Waals surface area contributed by atoms with Crippen LogP contribution < -0.4 is 24.8 Å². The third-order valence-electron chi connectivity index (χ3n) is 11.6. The summed E-state index contributed by atoms with van der Waals surface area (Å²) in [5.74, 6) is -0.0528. The van der Waals surface area contributed by atoms with Crippen LogP contribution in [-0.4, -0.2) is 102 Å². The molecule has 64 heavy (non-hydrogen) atoms. The Bertz CT molecular complexity index is 2300. The molecule has 1 aromatic heterocycles. The Hall–Kier alpha value is -5.10. The van der Waals surface area contributed by atoms with Crippen LogP contribution in [0.1, 0.15) is 81.7 Å². The van der Waals surface area contributed by atoms with E-state index in [0.717, 1.165) is 27.3 Å². The zero-order chi connectivity index (χ0) is 46.2. The largest absolute Gasteiger partial charge is 0.497 e. The summed E-state index contributed by atoms with van der Waals surface area (Å²) >= 11 is 1.49. The number of hydrogen-bond acceptors (Lipinski definition) is 11. The average molecular weight is 922 g/mol. The van der Waals surface area contributed by atoms with E-state index in [4.69, 9.17) is 14.2 Å². The van der Waals surface area contributed by atoms with Crippen molar-refractivity contribution < 1.29 is 46.5 Å². The number of thiazole rings is 1. The van der Waals surface area contributed by atoms with Gasteiger partial charge >= 0.3 is 0 Å². The van der Waals surface area contributed by atoms with Gasteiger partial charge in [-0.05, 0) is 91.5 Å². The number of hydrogen-bond donors (Lipinski definition) is 3. The molecule has 17 heteroatoms. The third-order valence-corrected chi connectivity index (χ3v) is 14.4. The van der Waals surface area contributed by atoms with Gasteiger partial charge in [0.25, 0.3) is 5.91 Å². The van der Waals surface area contributed by atoms with Crippen molar-refractivity contribution in [1.29, 1.82) is 0 Å². The van der Waals surface area contributed by atoms with E-state index in [1.54, 1.807) is 40.5 Å². The second-order valence-electron chi connectivity index (χ2n) is 17.6. The molecule has 3 amide bonds. The normalized spacial score (nSPS) is 17.5. The molecule has 2 aliphatic rings. The number of carbonyl (C=O) groups is 3. The number of unbranched alkanes of at least 4 members (excludes halogenated alkanes) is 2. The summed E-state index contributed by atoms with van der Waals surface area (Å²) < 4.78 is 60.8. The Labute approximate surface area is 379 Å². The lowest BCUT2D eigenvalue weighted by Gasteiger charge is -2.35. The molecule has 1 saturated carbocycles. The maximum Gasteiger partial charge on any atom is 0.258 e. The van der Waals surface area contributed by atoms with Gasteiger partial charge in [-0.15, -0.1) is 11.3 Å². The standard InChI is InChI=1S/C47H60FN5O9S2/c1-31-41(63-30-50-31)34-14-15-35(26-49-43(55)39-25-36(54)29-53(39)44(56)42(46(2,3)4)51-45(57)47(48)20-21-47)40(24-34)62-22-8-7-9-23-64(58,59)52(27-32-10-16-37(60-5)17-11-32)28-33-12-18-38(61-6)19-13-33/h10-19,24,30,36,39,42,54H,7-9,20-23,25-29H2,1-6H3,(H,49,55)(H,51,57)/t36?,39?,42-/m1/s1. The number of carbonyl (C=O) groups excluding carboxylic acids is 3. The van der Waals surface area contributed by atoms with Gasteiger partial charge in [-0.2, -0.15) is 4.31 Å². The van der Waals surface area contributed by atoms with E-state index in [9.17, 15) is 32.3 Å². The maximum atomic E-state index is 14.6. The molecule has 4 aromatic rings. The number of amides is 3. The van der Waals surface area contributed by atoms with E-state index in [2.05, 4.69) is 15.6 Å². The molecule has 3 N–H and O–H groups in total. The number of aryl methyl sites for hydroxylation is 1. The van der Waals surface area contributed by atoms with E-state index in [0.29, 0.717) is 42.1 Å². The van der Waals surface area contributed by atoms with Gasteiger partial charge in [-0.1, -0.05) is 57.2 Å². The van der Waals surface area contributed by atoms with E-state index < -0.39 is 57.0 Å². The van der Waals surface area contributed by atoms with Gasteiger partial charge in [-0.3, -0.25) is 14.4 Å². The number of ether oxygens (including phenoxy) is 3. The van der Waals surface area contributed by atoms with Gasteiger partial charge in [0.15, 0.2) is 5.67 Å². The first-order valence-corrected chi connectivity index (χ1v) is 24.1. The number of rotatable bonds is 21. The minimum atomic E-state index is -3.68.